The van der Waals surface area contributed by atoms with E-state index in [-0.39, 0.29) is 31.9 Å². The van der Waals surface area contributed by atoms with Crippen molar-refractivity contribution in [2.24, 2.45) is 0 Å². The molecule has 0 spiro atoms. The van der Waals surface area contributed by atoms with Crippen molar-refractivity contribution in [1.82, 2.24) is 29.6 Å². The lowest BCUT2D eigenvalue weighted by atomic mass is 10.2. The Bertz CT molecular complexity index is 1210. The predicted molar refractivity (Wildman–Crippen MR) is 141 cm³/mol. The minimum absolute atomic E-state index is 0.165. The van der Waals surface area contributed by atoms with Crippen LogP contribution in [0.5, 0.6) is 5.75 Å². The van der Waals surface area contributed by atoms with Gasteiger partial charge in [0.15, 0.2) is 0 Å². The number of rotatable bonds is 10. The number of ether oxygens (including phenoxy) is 3. The zero-order valence-electron chi connectivity index (χ0n) is 22.3. The molecule has 1 aromatic heterocycles. The van der Waals surface area contributed by atoms with E-state index in [1.165, 1.54) is 14.3 Å². The number of amides is 1. The van der Waals surface area contributed by atoms with Crippen LogP contribution < -0.4 is 10.4 Å². The van der Waals surface area contributed by atoms with Crippen molar-refractivity contribution >= 4 is 6.09 Å². The largest absolute Gasteiger partial charge is 0.492 e. The van der Waals surface area contributed by atoms with E-state index in [2.05, 4.69) is 15.3 Å². The molecule has 204 valence electrons. The number of tetrazole rings is 1. The van der Waals surface area contributed by atoms with E-state index in [9.17, 15) is 9.59 Å². The first-order valence-corrected chi connectivity index (χ1v) is 12.9. The number of aromatic nitrogens is 4. The summed E-state index contributed by atoms with van der Waals surface area (Å²) >= 11 is 0. The summed E-state index contributed by atoms with van der Waals surface area (Å²) in [5.74, 6) is 0.715. The first kappa shape index (κ1) is 27.3. The van der Waals surface area contributed by atoms with Crippen LogP contribution in [0, 0.1) is 0 Å². The lowest BCUT2D eigenvalue weighted by molar-refractivity contribution is 0.0217. The Hall–Kier alpha value is -3.70. The summed E-state index contributed by atoms with van der Waals surface area (Å²) < 4.78 is 19.2. The maximum atomic E-state index is 13.0. The summed E-state index contributed by atoms with van der Waals surface area (Å²) in [5, 5.41) is 8.07. The number of benzene rings is 2. The normalized spacial score (nSPS) is 14.3. The summed E-state index contributed by atoms with van der Waals surface area (Å²) in [7, 11) is 0. The maximum absolute atomic E-state index is 13.0. The third-order valence-electron chi connectivity index (χ3n) is 5.94. The molecule has 0 atom stereocenters. The van der Waals surface area contributed by atoms with Gasteiger partial charge < -0.3 is 19.1 Å². The van der Waals surface area contributed by atoms with Crippen molar-refractivity contribution in [2.75, 3.05) is 46.0 Å². The SMILES string of the molecule is CC(C)(C)OC(=O)N(CCOc1ccccc1)CCn1nnn(-c2ccc(CN3CCOCC3)cc2)c1=O. The molecule has 0 unspecified atom stereocenters. The summed E-state index contributed by atoms with van der Waals surface area (Å²) in [5.41, 5.74) is 0.758. The number of hydrogen-bond acceptors (Lipinski definition) is 8. The van der Waals surface area contributed by atoms with Crippen LogP contribution >= 0.6 is 0 Å². The number of morpholine rings is 1. The van der Waals surface area contributed by atoms with E-state index in [4.69, 9.17) is 14.2 Å². The van der Waals surface area contributed by atoms with E-state index >= 15 is 0 Å². The fraction of sp³-hybridized carbons (Fsp3) is 0.481. The Labute approximate surface area is 222 Å². The Morgan fingerprint density at radius 1 is 1.00 bits per heavy atom. The molecular weight excluding hydrogens is 488 g/mol. The smallest absolute Gasteiger partial charge is 0.410 e. The number of hydrogen-bond donors (Lipinski definition) is 0. The van der Waals surface area contributed by atoms with Gasteiger partial charge in [-0.15, -0.1) is 0 Å². The van der Waals surface area contributed by atoms with Crippen LogP contribution in [0.15, 0.2) is 59.4 Å². The molecular formula is C27H36N6O5. The lowest BCUT2D eigenvalue weighted by Crippen LogP contribution is -2.41. The molecule has 1 aliphatic rings. The van der Waals surface area contributed by atoms with E-state index in [0.29, 0.717) is 11.4 Å². The van der Waals surface area contributed by atoms with Crippen molar-refractivity contribution in [2.45, 2.75) is 39.5 Å². The average Bonchev–Trinajstić information content (AvgIpc) is 3.26. The predicted octanol–water partition coefficient (Wildman–Crippen LogP) is 2.58. The molecule has 0 N–H and O–H groups in total. The maximum Gasteiger partial charge on any atom is 0.410 e. The number of carbonyl (C=O) groups excluding carboxylic acids is 1. The Kier molecular flexibility index (Phi) is 9.14. The van der Waals surface area contributed by atoms with E-state index in [0.717, 1.165) is 38.4 Å². The molecule has 2 heterocycles. The molecule has 11 heteroatoms. The van der Waals surface area contributed by atoms with Crippen molar-refractivity contribution in [1.29, 1.82) is 0 Å². The second kappa shape index (κ2) is 12.7. The van der Waals surface area contributed by atoms with Crippen LogP contribution in [-0.2, 0) is 22.6 Å². The zero-order valence-corrected chi connectivity index (χ0v) is 22.3. The minimum Gasteiger partial charge on any atom is -0.492 e. The molecule has 11 nitrogen and oxygen atoms in total. The monoisotopic (exact) mass is 524 g/mol. The molecule has 1 fully saturated rings. The third kappa shape index (κ3) is 7.90. The Balaban J connectivity index is 1.37. The topological polar surface area (TPSA) is 104 Å². The summed E-state index contributed by atoms with van der Waals surface area (Å²) in [4.78, 5) is 29.7. The summed E-state index contributed by atoms with van der Waals surface area (Å²) in [6, 6.07) is 17.1. The average molecular weight is 525 g/mol. The Morgan fingerprint density at radius 2 is 1.71 bits per heavy atom. The minimum atomic E-state index is -0.649. The molecule has 0 radical (unpaired) electrons. The molecule has 2 aromatic carbocycles. The third-order valence-corrected chi connectivity index (χ3v) is 5.94. The molecule has 4 rings (SSSR count). The highest BCUT2D eigenvalue weighted by atomic mass is 16.6. The van der Waals surface area contributed by atoms with Gasteiger partial charge in [-0.25, -0.2) is 9.59 Å². The highest BCUT2D eigenvalue weighted by Gasteiger charge is 2.23. The van der Waals surface area contributed by atoms with Crippen LogP contribution in [0.3, 0.4) is 0 Å². The first-order chi connectivity index (χ1) is 18.3. The van der Waals surface area contributed by atoms with Gasteiger partial charge in [-0.3, -0.25) is 4.90 Å². The molecule has 0 bridgehead atoms. The fourth-order valence-electron chi connectivity index (χ4n) is 3.96. The number of carbonyl (C=O) groups is 1. The van der Waals surface area contributed by atoms with Gasteiger partial charge in [-0.1, -0.05) is 30.3 Å². The van der Waals surface area contributed by atoms with Gasteiger partial charge in [0.2, 0.25) is 0 Å². The second-order valence-electron chi connectivity index (χ2n) is 10.1. The second-order valence-corrected chi connectivity index (χ2v) is 10.1. The Morgan fingerprint density at radius 3 is 2.39 bits per heavy atom. The van der Waals surface area contributed by atoms with Gasteiger partial charge in [0.1, 0.15) is 18.0 Å². The molecule has 0 aliphatic carbocycles. The van der Waals surface area contributed by atoms with Crippen LogP contribution in [0.25, 0.3) is 5.69 Å². The molecule has 1 aliphatic heterocycles. The van der Waals surface area contributed by atoms with E-state index < -0.39 is 11.7 Å². The van der Waals surface area contributed by atoms with Crippen molar-refractivity contribution in [3.8, 4) is 11.4 Å². The van der Waals surface area contributed by atoms with Crippen LogP contribution in [0.4, 0.5) is 4.79 Å². The van der Waals surface area contributed by atoms with Gasteiger partial charge in [-0.2, -0.15) is 9.36 Å². The standard InChI is InChI=1S/C27H36N6O5/c1-27(2,3)38-26(35)31(17-20-37-24-7-5-4-6-8-24)13-14-32-25(34)33(29-28-32)23-11-9-22(10-12-23)21-30-15-18-36-19-16-30/h4-12H,13-21H2,1-3H3. The van der Waals surface area contributed by atoms with Gasteiger partial charge in [0, 0.05) is 26.2 Å². The van der Waals surface area contributed by atoms with Gasteiger partial charge in [0.25, 0.3) is 0 Å². The molecule has 3 aromatic rings. The number of para-hydroxylation sites is 1. The fourth-order valence-corrected chi connectivity index (χ4v) is 3.96. The summed E-state index contributed by atoms with van der Waals surface area (Å²) in [6.45, 7) is 10.5. The lowest BCUT2D eigenvalue weighted by Gasteiger charge is -2.27. The van der Waals surface area contributed by atoms with Crippen LogP contribution in [-0.4, -0.2) is 87.3 Å². The first-order valence-electron chi connectivity index (χ1n) is 12.9. The van der Waals surface area contributed by atoms with Gasteiger partial charge in [-0.05, 0) is 61.0 Å². The van der Waals surface area contributed by atoms with Gasteiger partial charge in [0.05, 0.1) is 32.0 Å². The van der Waals surface area contributed by atoms with Crippen molar-refractivity contribution in [3.63, 3.8) is 0 Å². The van der Waals surface area contributed by atoms with E-state index in [1.807, 2.05) is 75.4 Å². The molecule has 0 saturated carbocycles. The highest BCUT2D eigenvalue weighted by Crippen LogP contribution is 2.13. The van der Waals surface area contributed by atoms with Crippen molar-refractivity contribution < 1.29 is 19.0 Å². The van der Waals surface area contributed by atoms with E-state index in [1.54, 1.807) is 0 Å². The zero-order chi connectivity index (χ0) is 27.0. The van der Waals surface area contributed by atoms with Gasteiger partial charge >= 0.3 is 11.8 Å². The highest BCUT2D eigenvalue weighted by molar-refractivity contribution is 5.68. The quantitative estimate of drug-likeness (QED) is 0.399. The number of nitrogens with zero attached hydrogens (tertiary/aromatic N) is 6. The van der Waals surface area contributed by atoms with Crippen LogP contribution in [0.1, 0.15) is 26.3 Å². The molecule has 38 heavy (non-hydrogen) atoms. The van der Waals surface area contributed by atoms with Crippen molar-refractivity contribution in [3.05, 3.63) is 70.6 Å². The summed E-state index contributed by atoms with van der Waals surface area (Å²) in [6.07, 6.45) is -0.481. The molecule has 1 amide bonds. The molecule has 1 saturated heterocycles. The van der Waals surface area contributed by atoms with Crippen LogP contribution in [0.2, 0.25) is 0 Å².